The zero-order valence-electron chi connectivity index (χ0n) is 8.46. The predicted octanol–water partition coefficient (Wildman–Crippen LogP) is 2.82. The Kier molecular flexibility index (Phi) is 3.80. The molecule has 0 bridgehead atoms. The highest BCUT2D eigenvalue weighted by Gasteiger charge is 2.11. The number of carbonyl (C=O) groups is 1. The van der Waals surface area contributed by atoms with E-state index in [2.05, 4.69) is 30.6 Å². The Morgan fingerprint density at radius 2 is 2.35 bits per heavy atom. The van der Waals surface area contributed by atoms with Crippen LogP contribution in [0.1, 0.15) is 16.2 Å². The molecule has 0 radical (unpaired) electrons. The highest BCUT2D eigenvalue weighted by Crippen LogP contribution is 2.28. The molecule has 2 aromatic rings. The Labute approximate surface area is 109 Å². The molecule has 0 fully saturated rings. The van der Waals surface area contributed by atoms with Crippen LogP contribution in [0.5, 0.6) is 0 Å². The second-order valence-electron chi connectivity index (χ2n) is 3.08. The van der Waals surface area contributed by atoms with Crippen LogP contribution >= 0.6 is 27.7 Å². The van der Waals surface area contributed by atoms with Crippen LogP contribution in [-0.4, -0.2) is 21.2 Å². The largest absolute Gasteiger partial charge is 0.478 e. The summed E-state index contributed by atoms with van der Waals surface area (Å²) in [5.74, 6) is 0.0483. The molecule has 0 spiro atoms. The molecule has 1 aromatic heterocycles. The van der Waals surface area contributed by atoms with Crippen molar-refractivity contribution in [3.63, 3.8) is 0 Å². The normalized spacial score (nSPS) is 10.4. The number of carboxylic acid groups (broad SMARTS) is 1. The Morgan fingerprint density at radius 1 is 1.53 bits per heavy atom. The van der Waals surface area contributed by atoms with Gasteiger partial charge in [0.15, 0.2) is 5.82 Å². The van der Waals surface area contributed by atoms with E-state index >= 15 is 0 Å². The molecule has 0 saturated carbocycles. The summed E-state index contributed by atoms with van der Waals surface area (Å²) in [7, 11) is 0. The van der Waals surface area contributed by atoms with Gasteiger partial charge in [0.2, 0.25) is 6.39 Å². The van der Waals surface area contributed by atoms with Crippen molar-refractivity contribution < 1.29 is 14.4 Å². The Bertz CT molecular complexity index is 530. The molecular weight excluding hydrogens is 308 g/mol. The molecule has 1 N–H and O–H groups in total. The average molecular weight is 315 g/mol. The fraction of sp³-hybridized carbons (Fsp3) is 0.100. The first-order chi connectivity index (χ1) is 8.16. The van der Waals surface area contributed by atoms with Gasteiger partial charge < -0.3 is 9.63 Å². The molecule has 17 heavy (non-hydrogen) atoms. The van der Waals surface area contributed by atoms with Gasteiger partial charge in [-0.2, -0.15) is 4.98 Å². The monoisotopic (exact) mass is 314 g/mol. The molecular formula is C10H7BrN2O3S. The van der Waals surface area contributed by atoms with Gasteiger partial charge in [-0.25, -0.2) is 4.79 Å². The van der Waals surface area contributed by atoms with Gasteiger partial charge in [0.05, 0.1) is 11.3 Å². The molecule has 1 aromatic carbocycles. The second-order valence-corrected chi connectivity index (χ2v) is 5.01. The molecule has 0 aliphatic rings. The van der Waals surface area contributed by atoms with Gasteiger partial charge in [0.1, 0.15) is 0 Å². The summed E-state index contributed by atoms with van der Waals surface area (Å²) in [4.78, 5) is 15.6. The van der Waals surface area contributed by atoms with Crippen LogP contribution in [0.4, 0.5) is 0 Å². The number of nitrogens with zero attached hydrogens (tertiary/aromatic N) is 2. The van der Waals surface area contributed by atoms with Crippen molar-refractivity contribution in [1.82, 2.24) is 10.1 Å². The molecule has 0 unspecified atom stereocenters. The van der Waals surface area contributed by atoms with E-state index in [1.54, 1.807) is 18.2 Å². The molecule has 7 heteroatoms. The fourth-order valence-corrected chi connectivity index (χ4v) is 2.64. The smallest absolute Gasteiger partial charge is 0.336 e. The van der Waals surface area contributed by atoms with E-state index in [0.717, 1.165) is 4.47 Å². The van der Waals surface area contributed by atoms with E-state index in [4.69, 9.17) is 5.11 Å². The Hall–Kier alpha value is -1.34. The lowest BCUT2D eigenvalue weighted by atomic mass is 10.2. The lowest BCUT2D eigenvalue weighted by Crippen LogP contribution is -1.99. The van der Waals surface area contributed by atoms with E-state index in [1.807, 2.05) is 0 Å². The van der Waals surface area contributed by atoms with Crippen molar-refractivity contribution in [2.45, 2.75) is 10.6 Å². The highest BCUT2D eigenvalue weighted by atomic mass is 79.9. The molecule has 1 heterocycles. The van der Waals surface area contributed by atoms with Crippen LogP contribution in [0.25, 0.3) is 0 Å². The summed E-state index contributed by atoms with van der Waals surface area (Å²) in [6.07, 6.45) is 1.24. The summed E-state index contributed by atoms with van der Waals surface area (Å²) >= 11 is 4.66. The van der Waals surface area contributed by atoms with Gasteiger partial charge in [0.25, 0.3) is 0 Å². The Balaban J connectivity index is 2.19. The molecule has 0 amide bonds. The summed E-state index contributed by atoms with van der Waals surface area (Å²) in [6, 6.07) is 5.01. The maximum Gasteiger partial charge on any atom is 0.336 e. The van der Waals surface area contributed by atoms with Crippen molar-refractivity contribution in [2.75, 3.05) is 0 Å². The van der Waals surface area contributed by atoms with Gasteiger partial charge >= 0.3 is 5.97 Å². The first kappa shape index (κ1) is 12.1. The highest BCUT2D eigenvalue weighted by molar-refractivity contribution is 9.10. The standard InChI is InChI=1S/C10H7BrN2O3S/c11-6-1-2-7(10(14)15)8(3-6)17-4-9-12-5-16-13-9/h1-3,5H,4H2,(H,14,15). The number of aromatic carboxylic acids is 1. The molecule has 0 aliphatic carbocycles. The molecule has 0 atom stereocenters. The maximum atomic E-state index is 11.0. The van der Waals surface area contributed by atoms with Gasteiger partial charge in [-0.15, -0.1) is 11.8 Å². The first-order valence-electron chi connectivity index (χ1n) is 4.57. The number of hydrogen-bond acceptors (Lipinski definition) is 5. The van der Waals surface area contributed by atoms with Gasteiger partial charge in [0, 0.05) is 9.37 Å². The van der Waals surface area contributed by atoms with E-state index in [1.165, 1.54) is 18.2 Å². The van der Waals surface area contributed by atoms with Crippen LogP contribution in [-0.2, 0) is 5.75 Å². The van der Waals surface area contributed by atoms with Gasteiger partial charge in [-0.1, -0.05) is 21.1 Å². The van der Waals surface area contributed by atoms with Gasteiger partial charge in [-0.3, -0.25) is 0 Å². The number of aromatic nitrogens is 2. The minimum atomic E-state index is -0.951. The maximum absolute atomic E-state index is 11.0. The first-order valence-corrected chi connectivity index (χ1v) is 6.35. The molecule has 0 saturated heterocycles. The van der Waals surface area contributed by atoms with Crippen LogP contribution in [0.15, 0.2) is 38.5 Å². The zero-order valence-corrected chi connectivity index (χ0v) is 10.9. The number of halogens is 1. The lowest BCUT2D eigenvalue weighted by Gasteiger charge is -2.04. The van der Waals surface area contributed by atoms with Crippen molar-refractivity contribution in [3.05, 3.63) is 40.5 Å². The quantitative estimate of drug-likeness (QED) is 0.874. The van der Waals surface area contributed by atoms with Gasteiger partial charge in [-0.05, 0) is 18.2 Å². The topological polar surface area (TPSA) is 76.2 Å². The average Bonchev–Trinajstić information content (AvgIpc) is 2.78. The lowest BCUT2D eigenvalue weighted by molar-refractivity contribution is 0.0693. The minimum Gasteiger partial charge on any atom is -0.478 e. The number of rotatable bonds is 4. The third-order valence-electron chi connectivity index (χ3n) is 1.94. The fourth-order valence-electron chi connectivity index (χ4n) is 1.19. The molecule has 5 nitrogen and oxygen atoms in total. The van der Waals surface area contributed by atoms with Crippen molar-refractivity contribution >= 4 is 33.7 Å². The van der Waals surface area contributed by atoms with Crippen LogP contribution in [0.3, 0.4) is 0 Å². The third kappa shape index (κ3) is 3.07. The van der Waals surface area contributed by atoms with Crippen LogP contribution in [0.2, 0.25) is 0 Å². The summed E-state index contributed by atoms with van der Waals surface area (Å²) in [5.41, 5.74) is 0.265. The molecule has 2 rings (SSSR count). The number of benzene rings is 1. The number of carboxylic acids is 1. The van der Waals surface area contributed by atoms with Crippen molar-refractivity contribution in [1.29, 1.82) is 0 Å². The summed E-state index contributed by atoms with van der Waals surface area (Å²) in [5, 5.41) is 12.7. The summed E-state index contributed by atoms with van der Waals surface area (Å²) < 4.78 is 5.44. The third-order valence-corrected chi connectivity index (χ3v) is 3.48. The summed E-state index contributed by atoms with van der Waals surface area (Å²) in [6.45, 7) is 0. The van der Waals surface area contributed by atoms with Crippen molar-refractivity contribution in [3.8, 4) is 0 Å². The van der Waals surface area contributed by atoms with E-state index in [0.29, 0.717) is 16.5 Å². The Morgan fingerprint density at radius 3 is 3.00 bits per heavy atom. The van der Waals surface area contributed by atoms with E-state index in [9.17, 15) is 4.79 Å². The van der Waals surface area contributed by atoms with Crippen molar-refractivity contribution in [2.24, 2.45) is 0 Å². The zero-order chi connectivity index (χ0) is 12.3. The minimum absolute atomic E-state index is 0.265. The van der Waals surface area contributed by atoms with E-state index < -0.39 is 5.97 Å². The van der Waals surface area contributed by atoms with E-state index in [-0.39, 0.29) is 5.56 Å². The predicted molar refractivity (Wildman–Crippen MR) is 65.0 cm³/mol. The SMILES string of the molecule is O=C(O)c1ccc(Br)cc1SCc1ncon1. The number of thioether (sulfide) groups is 1. The molecule has 88 valence electrons. The van der Waals surface area contributed by atoms with Crippen LogP contribution < -0.4 is 0 Å². The number of hydrogen-bond donors (Lipinski definition) is 1. The van der Waals surface area contributed by atoms with Crippen LogP contribution in [0, 0.1) is 0 Å². The molecule has 0 aliphatic heterocycles. The second kappa shape index (κ2) is 5.33.